The minimum absolute atomic E-state index is 0.310. The van der Waals surface area contributed by atoms with Crippen molar-refractivity contribution >= 4 is 11.8 Å². The van der Waals surface area contributed by atoms with E-state index in [0.29, 0.717) is 24.5 Å². The second kappa shape index (κ2) is 6.92. The first-order chi connectivity index (χ1) is 12.6. The summed E-state index contributed by atoms with van der Waals surface area (Å²) < 4.78 is 7.17. The van der Waals surface area contributed by atoms with Gasteiger partial charge in [-0.05, 0) is 44.2 Å². The lowest BCUT2D eigenvalue weighted by Crippen LogP contribution is -2.46. The third kappa shape index (κ3) is 3.22. The fourth-order valence-corrected chi connectivity index (χ4v) is 3.33. The SMILES string of the molecule is Cc1ccccc1-n1ncc(C(=O)NNC(=O)[C@@H]2CCCO2)c1C1CC1. The van der Waals surface area contributed by atoms with Crippen molar-refractivity contribution in [3.8, 4) is 5.69 Å². The molecular weight excluding hydrogens is 332 g/mol. The number of nitrogens with one attached hydrogen (secondary N) is 2. The van der Waals surface area contributed by atoms with Crippen LogP contribution in [0.1, 0.15) is 53.2 Å². The van der Waals surface area contributed by atoms with E-state index in [4.69, 9.17) is 4.74 Å². The van der Waals surface area contributed by atoms with E-state index < -0.39 is 6.10 Å². The van der Waals surface area contributed by atoms with Crippen molar-refractivity contribution in [2.45, 2.75) is 44.6 Å². The molecule has 2 amide bonds. The molecule has 7 heteroatoms. The van der Waals surface area contributed by atoms with Crippen molar-refractivity contribution in [2.24, 2.45) is 0 Å². The zero-order valence-electron chi connectivity index (χ0n) is 14.7. The highest BCUT2D eigenvalue weighted by Gasteiger charge is 2.33. The van der Waals surface area contributed by atoms with Gasteiger partial charge in [-0.25, -0.2) is 4.68 Å². The lowest BCUT2D eigenvalue weighted by atomic mass is 10.1. The highest BCUT2D eigenvalue weighted by atomic mass is 16.5. The summed E-state index contributed by atoms with van der Waals surface area (Å²) in [5, 5.41) is 4.45. The smallest absolute Gasteiger partial charge is 0.273 e. The number of nitrogens with zero attached hydrogens (tertiary/aromatic N) is 2. The fraction of sp³-hybridized carbons (Fsp3) is 0.421. The minimum Gasteiger partial charge on any atom is -0.368 e. The Hall–Kier alpha value is -2.67. The van der Waals surface area contributed by atoms with E-state index in [1.807, 2.05) is 35.9 Å². The van der Waals surface area contributed by atoms with E-state index in [-0.39, 0.29) is 11.8 Å². The third-order valence-electron chi connectivity index (χ3n) is 4.88. The molecule has 26 heavy (non-hydrogen) atoms. The summed E-state index contributed by atoms with van der Waals surface area (Å²) in [6.07, 6.45) is 4.72. The summed E-state index contributed by atoms with van der Waals surface area (Å²) in [5.74, 6) is -0.333. The molecule has 1 saturated carbocycles. The molecule has 1 saturated heterocycles. The van der Waals surface area contributed by atoms with Gasteiger partial charge in [0.2, 0.25) is 0 Å². The zero-order valence-corrected chi connectivity index (χ0v) is 14.7. The fourth-order valence-electron chi connectivity index (χ4n) is 3.33. The van der Waals surface area contributed by atoms with Crippen molar-refractivity contribution < 1.29 is 14.3 Å². The Morgan fingerprint density at radius 3 is 2.69 bits per heavy atom. The van der Waals surface area contributed by atoms with Crippen molar-refractivity contribution in [1.29, 1.82) is 0 Å². The quantitative estimate of drug-likeness (QED) is 0.823. The molecule has 0 spiro atoms. The summed E-state index contributed by atoms with van der Waals surface area (Å²) >= 11 is 0. The molecule has 0 unspecified atom stereocenters. The first-order valence-electron chi connectivity index (χ1n) is 9.01. The van der Waals surface area contributed by atoms with Gasteiger partial charge in [-0.3, -0.25) is 20.4 Å². The molecule has 2 fully saturated rings. The van der Waals surface area contributed by atoms with Gasteiger partial charge in [0.25, 0.3) is 11.8 Å². The highest BCUT2D eigenvalue weighted by Crippen LogP contribution is 2.42. The lowest BCUT2D eigenvalue weighted by molar-refractivity contribution is -0.130. The molecule has 1 aliphatic heterocycles. The van der Waals surface area contributed by atoms with Crippen LogP contribution >= 0.6 is 0 Å². The molecular formula is C19H22N4O3. The molecule has 4 rings (SSSR count). The molecule has 0 bridgehead atoms. The highest BCUT2D eigenvalue weighted by molar-refractivity contribution is 5.97. The second-order valence-electron chi connectivity index (χ2n) is 6.86. The predicted octanol–water partition coefficient (Wildman–Crippen LogP) is 2.00. The van der Waals surface area contributed by atoms with Crippen LogP contribution in [0.4, 0.5) is 0 Å². The number of hydrogen-bond donors (Lipinski definition) is 2. The maximum atomic E-state index is 12.6. The standard InChI is InChI=1S/C19H22N4O3/c1-12-5-2-3-6-15(12)23-17(13-8-9-13)14(11-20-23)18(24)21-22-19(25)16-7-4-10-26-16/h2-3,5-6,11,13,16H,4,7-10H2,1H3,(H,21,24)(H,22,25)/t16-/m0/s1. The number of carbonyl (C=O) groups excluding carboxylic acids is 2. The summed E-state index contributed by atoms with van der Waals surface area (Å²) in [5.41, 5.74) is 8.45. The van der Waals surface area contributed by atoms with Crippen molar-refractivity contribution in [2.75, 3.05) is 6.61 Å². The van der Waals surface area contributed by atoms with Gasteiger partial charge in [0, 0.05) is 12.5 Å². The number of aromatic nitrogens is 2. The maximum Gasteiger partial charge on any atom is 0.273 e. The van der Waals surface area contributed by atoms with Crippen LogP contribution in [0.15, 0.2) is 30.5 Å². The Kier molecular flexibility index (Phi) is 4.46. The summed E-state index contributed by atoms with van der Waals surface area (Å²) in [7, 11) is 0. The van der Waals surface area contributed by atoms with Gasteiger partial charge in [0.05, 0.1) is 23.1 Å². The van der Waals surface area contributed by atoms with E-state index in [2.05, 4.69) is 16.0 Å². The van der Waals surface area contributed by atoms with Crippen LogP contribution in [0.5, 0.6) is 0 Å². The Morgan fingerprint density at radius 1 is 1.19 bits per heavy atom. The number of carbonyl (C=O) groups is 2. The van der Waals surface area contributed by atoms with E-state index in [1.165, 1.54) is 0 Å². The average molecular weight is 354 g/mol. The van der Waals surface area contributed by atoms with Crippen molar-refractivity contribution in [1.82, 2.24) is 20.6 Å². The lowest BCUT2D eigenvalue weighted by Gasteiger charge is -2.13. The number of hydrazine groups is 1. The van der Waals surface area contributed by atoms with Gasteiger partial charge in [-0.2, -0.15) is 5.10 Å². The van der Waals surface area contributed by atoms with Crippen LogP contribution < -0.4 is 10.9 Å². The first-order valence-corrected chi connectivity index (χ1v) is 9.01. The zero-order chi connectivity index (χ0) is 18.1. The molecule has 2 heterocycles. The number of benzene rings is 1. The van der Waals surface area contributed by atoms with Gasteiger partial charge >= 0.3 is 0 Å². The molecule has 1 atom stereocenters. The summed E-state index contributed by atoms with van der Waals surface area (Å²) in [6, 6.07) is 7.96. The molecule has 2 N–H and O–H groups in total. The maximum absolute atomic E-state index is 12.6. The first kappa shape index (κ1) is 16.8. The molecule has 7 nitrogen and oxygen atoms in total. The normalized spacial score (nSPS) is 19.3. The van der Waals surface area contributed by atoms with Gasteiger partial charge in [0.15, 0.2) is 0 Å². The van der Waals surface area contributed by atoms with Crippen molar-refractivity contribution in [3.63, 3.8) is 0 Å². The molecule has 1 aromatic heterocycles. The number of hydrogen-bond acceptors (Lipinski definition) is 4. The molecule has 2 aliphatic rings. The number of amides is 2. The van der Waals surface area contributed by atoms with Crippen LogP contribution in [0, 0.1) is 6.92 Å². The van der Waals surface area contributed by atoms with Crippen LogP contribution in [0.3, 0.4) is 0 Å². The second-order valence-corrected chi connectivity index (χ2v) is 6.86. The van der Waals surface area contributed by atoms with Crippen molar-refractivity contribution in [3.05, 3.63) is 47.3 Å². The molecule has 0 radical (unpaired) electrons. The number of para-hydroxylation sites is 1. The predicted molar refractivity (Wildman–Crippen MR) is 94.9 cm³/mol. The molecule has 2 aromatic rings. The van der Waals surface area contributed by atoms with E-state index in [9.17, 15) is 9.59 Å². The van der Waals surface area contributed by atoms with E-state index in [1.54, 1.807) is 6.20 Å². The van der Waals surface area contributed by atoms with Gasteiger partial charge in [-0.1, -0.05) is 18.2 Å². The van der Waals surface area contributed by atoms with E-state index in [0.717, 1.165) is 36.2 Å². The Bertz CT molecular complexity index is 835. The summed E-state index contributed by atoms with van der Waals surface area (Å²) in [6.45, 7) is 2.61. The molecule has 136 valence electrons. The monoisotopic (exact) mass is 354 g/mol. The minimum atomic E-state index is -0.479. The number of aryl methyl sites for hydroxylation is 1. The van der Waals surface area contributed by atoms with Crippen LogP contribution in [0.2, 0.25) is 0 Å². The molecule has 1 aliphatic carbocycles. The topological polar surface area (TPSA) is 85.3 Å². The van der Waals surface area contributed by atoms with Crippen LogP contribution in [-0.4, -0.2) is 34.3 Å². The largest absolute Gasteiger partial charge is 0.368 e. The molecule has 1 aromatic carbocycles. The third-order valence-corrected chi connectivity index (χ3v) is 4.88. The Labute approximate surface area is 151 Å². The average Bonchev–Trinajstić information content (AvgIpc) is 3.16. The van der Waals surface area contributed by atoms with Crippen LogP contribution in [-0.2, 0) is 9.53 Å². The summed E-state index contributed by atoms with van der Waals surface area (Å²) in [4.78, 5) is 24.6. The Balaban J connectivity index is 1.54. The van der Waals surface area contributed by atoms with Crippen LogP contribution in [0.25, 0.3) is 5.69 Å². The van der Waals surface area contributed by atoms with Gasteiger partial charge in [-0.15, -0.1) is 0 Å². The van der Waals surface area contributed by atoms with Gasteiger partial charge in [0.1, 0.15) is 6.10 Å². The number of rotatable bonds is 4. The number of ether oxygens (including phenoxy) is 1. The van der Waals surface area contributed by atoms with E-state index >= 15 is 0 Å². The van der Waals surface area contributed by atoms with Gasteiger partial charge < -0.3 is 4.74 Å². The Morgan fingerprint density at radius 2 is 2.00 bits per heavy atom.